The molecule has 1 atom stereocenters. The first-order valence-corrected chi connectivity index (χ1v) is 9.37. The molecule has 1 saturated heterocycles. The monoisotopic (exact) mass is 355 g/mol. The van der Waals surface area contributed by atoms with E-state index in [4.69, 9.17) is 4.74 Å². The molecule has 26 heavy (non-hydrogen) atoms. The van der Waals surface area contributed by atoms with Crippen LogP contribution in [0.1, 0.15) is 39.8 Å². The van der Waals surface area contributed by atoms with Crippen LogP contribution in [0.2, 0.25) is 0 Å². The van der Waals surface area contributed by atoms with Crippen molar-refractivity contribution in [3.05, 3.63) is 30.0 Å². The van der Waals surface area contributed by atoms with Crippen LogP contribution >= 0.6 is 0 Å². The third-order valence-corrected chi connectivity index (χ3v) is 4.74. The third kappa shape index (κ3) is 3.98. The second kappa shape index (κ2) is 7.23. The molecule has 1 aliphatic rings. The van der Waals surface area contributed by atoms with Gasteiger partial charge in [-0.25, -0.2) is 0 Å². The summed E-state index contributed by atoms with van der Waals surface area (Å²) >= 11 is 0. The van der Waals surface area contributed by atoms with E-state index >= 15 is 0 Å². The largest absolute Gasteiger partial charge is 0.377 e. The van der Waals surface area contributed by atoms with Gasteiger partial charge in [0.1, 0.15) is 0 Å². The summed E-state index contributed by atoms with van der Waals surface area (Å²) in [5, 5.41) is 4.11. The Balaban J connectivity index is 1.91. The number of rotatable bonds is 4. The molecule has 0 bridgehead atoms. The number of aromatic nitrogens is 1. The number of carbonyl (C=O) groups excluding carboxylic acids is 1. The molecule has 1 N–H and O–H groups in total. The SMILES string of the molecule is CCO[C@H]1CCN(c2cc(C)nc3cc(NC(=O)C(C)(C)C)ccc23)C1. The second-order valence-electron chi connectivity index (χ2n) is 8.03. The highest BCUT2D eigenvalue weighted by Gasteiger charge is 2.25. The van der Waals surface area contributed by atoms with Gasteiger partial charge in [0.25, 0.3) is 0 Å². The molecule has 1 aromatic heterocycles. The molecule has 0 saturated carbocycles. The summed E-state index contributed by atoms with van der Waals surface area (Å²) in [4.78, 5) is 19.3. The van der Waals surface area contributed by atoms with E-state index in [1.54, 1.807) is 0 Å². The van der Waals surface area contributed by atoms with Crippen LogP contribution in [0.3, 0.4) is 0 Å². The van der Waals surface area contributed by atoms with E-state index in [0.29, 0.717) is 6.10 Å². The summed E-state index contributed by atoms with van der Waals surface area (Å²) in [5.74, 6) is 0.00354. The Morgan fingerprint density at radius 3 is 2.81 bits per heavy atom. The zero-order valence-electron chi connectivity index (χ0n) is 16.4. The lowest BCUT2D eigenvalue weighted by Crippen LogP contribution is -2.27. The molecule has 0 radical (unpaired) electrons. The number of anilines is 2. The minimum Gasteiger partial charge on any atom is -0.377 e. The third-order valence-electron chi connectivity index (χ3n) is 4.74. The summed E-state index contributed by atoms with van der Waals surface area (Å²) in [6.45, 7) is 12.4. The lowest BCUT2D eigenvalue weighted by Gasteiger charge is -2.22. The van der Waals surface area contributed by atoms with E-state index in [0.717, 1.165) is 48.4 Å². The van der Waals surface area contributed by atoms with Gasteiger partial charge in [-0.1, -0.05) is 20.8 Å². The number of benzene rings is 1. The number of nitrogens with zero attached hydrogens (tertiary/aromatic N) is 2. The number of fused-ring (bicyclic) bond motifs is 1. The van der Waals surface area contributed by atoms with Crippen molar-refractivity contribution in [3.63, 3.8) is 0 Å². The van der Waals surface area contributed by atoms with Crippen LogP contribution in [0.25, 0.3) is 10.9 Å². The minimum absolute atomic E-state index is 0.00354. The van der Waals surface area contributed by atoms with Crippen LogP contribution in [-0.4, -0.2) is 36.7 Å². The van der Waals surface area contributed by atoms with E-state index < -0.39 is 5.41 Å². The highest BCUT2D eigenvalue weighted by atomic mass is 16.5. The molecule has 3 rings (SSSR count). The molecule has 0 unspecified atom stereocenters. The van der Waals surface area contributed by atoms with Crippen molar-refractivity contribution in [2.24, 2.45) is 5.41 Å². The average Bonchev–Trinajstić information content (AvgIpc) is 3.01. The van der Waals surface area contributed by atoms with Crippen molar-refractivity contribution in [1.29, 1.82) is 0 Å². The molecule has 5 nitrogen and oxygen atoms in total. The first-order chi connectivity index (χ1) is 12.3. The molecule has 1 fully saturated rings. The summed E-state index contributed by atoms with van der Waals surface area (Å²) in [5.41, 5.74) is 3.45. The number of hydrogen-bond donors (Lipinski definition) is 1. The lowest BCUT2D eigenvalue weighted by molar-refractivity contribution is -0.123. The van der Waals surface area contributed by atoms with E-state index in [1.165, 1.54) is 5.69 Å². The van der Waals surface area contributed by atoms with Crippen molar-refractivity contribution in [1.82, 2.24) is 4.98 Å². The molecule has 2 aromatic rings. The maximum atomic E-state index is 12.3. The number of nitrogens with one attached hydrogen (secondary N) is 1. The van der Waals surface area contributed by atoms with Crippen LogP contribution in [0, 0.1) is 12.3 Å². The van der Waals surface area contributed by atoms with Crippen molar-refractivity contribution in [3.8, 4) is 0 Å². The number of pyridine rings is 1. The maximum Gasteiger partial charge on any atom is 0.229 e. The van der Waals surface area contributed by atoms with Gasteiger partial charge in [0.2, 0.25) is 5.91 Å². The van der Waals surface area contributed by atoms with Crippen LogP contribution in [0.15, 0.2) is 24.3 Å². The number of ether oxygens (including phenoxy) is 1. The van der Waals surface area contributed by atoms with Gasteiger partial charge in [-0.3, -0.25) is 9.78 Å². The van der Waals surface area contributed by atoms with Crippen LogP contribution in [-0.2, 0) is 9.53 Å². The molecule has 0 aliphatic carbocycles. The summed E-state index contributed by atoms with van der Waals surface area (Å²) in [6.07, 6.45) is 1.35. The minimum atomic E-state index is -0.427. The number of hydrogen-bond acceptors (Lipinski definition) is 4. The van der Waals surface area contributed by atoms with Gasteiger partial charge in [0.15, 0.2) is 0 Å². The number of amides is 1. The fourth-order valence-electron chi connectivity index (χ4n) is 3.32. The van der Waals surface area contributed by atoms with E-state index in [9.17, 15) is 4.79 Å². The zero-order chi connectivity index (χ0) is 18.9. The van der Waals surface area contributed by atoms with Crippen LogP contribution in [0.4, 0.5) is 11.4 Å². The fraction of sp³-hybridized carbons (Fsp3) is 0.524. The predicted octanol–water partition coefficient (Wildman–Crippen LogP) is 4.14. The van der Waals surface area contributed by atoms with Crippen molar-refractivity contribution >= 4 is 28.2 Å². The standard InChI is InChI=1S/C21H29N3O2/c1-6-26-16-9-10-24(13-16)19-11-14(2)22-18-12-15(7-8-17(18)19)23-20(25)21(3,4)5/h7-8,11-12,16H,6,9-10,13H2,1-5H3,(H,23,25)/t16-/m0/s1. The van der Waals surface area contributed by atoms with Crippen LogP contribution in [0.5, 0.6) is 0 Å². The van der Waals surface area contributed by atoms with Gasteiger partial charge in [-0.05, 0) is 44.5 Å². The Labute approximate surface area is 155 Å². The highest BCUT2D eigenvalue weighted by Crippen LogP contribution is 2.32. The van der Waals surface area contributed by atoms with E-state index in [1.807, 2.05) is 46.8 Å². The molecule has 1 aromatic carbocycles. The summed E-state index contributed by atoms with van der Waals surface area (Å²) in [6, 6.07) is 8.13. The average molecular weight is 355 g/mol. The van der Waals surface area contributed by atoms with Crippen LogP contribution < -0.4 is 10.2 Å². The molecule has 2 heterocycles. The van der Waals surface area contributed by atoms with Crippen molar-refractivity contribution < 1.29 is 9.53 Å². The topological polar surface area (TPSA) is 54.5 Å². The second-order valence-corrected chi connectivity index (χ2v) is 8.03. The Kier molecular flexibility index (Phi) is 5.19. The molecule has 5 heteroatoms. The number of aryl methyl sites for hydroxylation is 1. The van der Waals surface area contributed by atoms with Gasteiger partial charge in [-0.2, -0.15) is 0 Å². The molecule has 1 amide bonds. The van der Waals surface area contributed by atoms with Gasteiger partial charge in [0.05, 0.1) is 11.6 Å². The quantitative estimate of drug-likeness (QED) is 0.895. The zero-order valence-corrected chi connectivity index (χ0v) is 16.4. The fourth-order valence-corrected chi connectivity index (χ4v) is 3.32. The van der Waals surface area contributed by atoms with Crippen molar-refractivity contribution in [2.45, 2.75) is 47.1 Å². The van der Waals surface area contributed by atoms with E-state index in [-0.39, 0.29) is 5.91 Å². The molecular weight excluding hydrogens is 326 g/mol. The van der Waals surface area contributed by atoms with Gasteiger partial charge >= 0.3 is 0 Å². The Bertz CT molecular complexity index is 811. The predicted molar refractivity (Wildman–Crippen MR) is 107 cm³/mol. The van der Waals surface area contributed by atoms with Gasteiger partial charge < -0.3 is 15.0 Å². The number of carbonyl (C=O) groups is 1. The molecular formula is C21H29N3O2. The molecule has 140 valence electrons. The lowest BCUT2D eigenvalue weighted by atomic mass is 9.95. The highest BCUT2D eigenvalue weighted by molar-refractivity contribution is 5.99. The van der Waals surface area contributed by atoms with Gasteiger partial charge in [0, 0.05) is 47.6 Å². The molecule has 1 aliphatic heterocycles. The van der Waals surface area contributed by atoms with Gasteiger partial charge in [-0.15, -0.1) is 0 Å². The Morgan fingerprint density at radius 2 is 2.12 bits per heavy atom. The first-order valence-electron chi connectivity index (χ1n) is 9.37. The molecule has 0 spiro atoms. The van der Waals surface area contributed by atoms with E-state index in [2.05, 4.69) is 27.3 Å². The Hall–Kier alpha value is -2.14. The maximum absolute atomic E-state index is 12.3. The normalized spacial score (nSPS) is 17.7. The smallest absolute Gasteiger partial charge is 0.229 e. The Morgan fingerprint density at radius 1 is 1.35 bits per heavy atom. The first kappa shape index (κ1) is 18.6. The summed E-state index contributed by atoms with van der Waals surface area (Å²) in [7, 11) is 0. The summed E-state index contributed by atoms with van der Waals surface area (Å²) < 4.78 is 5.79. The van der Waals surface area contributed by atoms with Crippen molar-refractivity contribution in [2.75, 3.05) is 29.9 Å².